The van der Waals surface area contributed by atoms with Crippen molar-refractivity contribution in [3.63, 3.8) is 0 Å². The first kappa shape index (κ1) is 21.2. The van der Waals surface area contributed by atoms with E-state index < -0.39 is 0 Å². The molecule has 2 aromatic rings. The molecule has 0 aliphatic carbocycles. The Morgan fingerprint density at radius 1 is 0.821 bits per heavy atom. The molecular formula is C21H28N2O5. The topological polar surface area (TPSA) is 78.1 Å². The molecule has 0 saturated heterocycles. The van der Waals surface area contributed by atoms with Crippen LogP contribution in [0.4, 0.5) is 4.79 Å². The summed E-state index contributed by atoms with van der Waals surface area (Å²) in [5.74, 6) is 2.66. The van der Waals surface area contributed by atoms with E-state index in [1.165, 1.54) is 0 Å². The summed E-state index contributed by atoms with van der Waals surface area (Å²) >= 11 is 0. The lowest BCUT2D eigenvalue weighted by Crippen LogP contribution is -2.36. The van der Waals surface area contributed by atoms with Crippen molar-refractivity contribution < 1.29 is 23.7 Å². The van der Waals surface area contributed by atoms with Crippen LogP contribution in [-0.2, 0) is 13.0 Å². The number of rotatable bonds is 9. The van der Waals surface area contributed by atoms with Crippen molar-refractivity contribution in [3.8, 4) is 23.0 Å². The molecule has 7 heteroatoms. The second kappa shape index (κ2) is 10.3. The summed E-state index contributed by atoms with van der Waals surface area (Å²) in [7, 11) is 6.39. The molecular weight excluding hydrogens is 360 g/mol. The van der Waals surface area contributed by atoms with E-state index in [0.29, 0.717) is 42.5 Å². The molecule has 2 rings (SSSR count). The van der Waals surface area contributed by atoms with Crippen LogP contribution in [0.1, 0.15) is 16.7 Å². The number of methoxy groups -OCH3 is 4. The smallest absolute Gasteiger partial charge is 0.315 e. The SMILES string of the molecule is COc1ccc(CNC(=O)NCCc2cc(OC)c(OC)cc2C)cc1OC. The lowest BCUT2D eigenvalue weighted by atomic mass is 10.0. The van der Waals surface area contributed by atoms with Gasteiger partial charge in [0.2, 0.25) is 0 Å². The molecule has 2 N–H and O–H groups in total. The fourth-order valence-electron chi connectivity index (χ4n) is 2.84. The zero-order chi connectivity index (χ0) is 20.5. The molecule has 0 radical (unpaired) electrons. The number of carbonyl (C=O) groups excluding carboxylic acids is 1. The van der Waals surface area contributed by atoms with Crippen LogP contribution in [0.3, 0.4) is 0 Å². The van der Waals surface area contributed by atoms with Crippen molar-refractivity contribution in [3.05, 3.63) is 47.0 Å². The Morgan fingerprint density at radius 3 is 2.07 bits per heavy atom. The number of carbonyl (C=O) groups is 1. The number of nitrogens with one attached hydrogen (secondary N) is 2. The van der Waals surface area contributed by atoms with Gasteiger partial charge in [-0.05, 0) is 54.3 Å². The minimum absolute atomic E-state index is 0.229. The van der Waals surface area contributed by atoms with Gasteiger partial charge in [-0.1, -0.05) is 6.07 Å². The normalized spacial score (nSPS) is 10.2. The zero-order valence-electron chi connectivity index (χ0n) is 17.0. The predicted molar refractivity (Wildman–Crippen MR) is 108 cm³/mol. The van der Waals surface area contributed by atoms with Crippen LogP contribution < -0.4 is 29.6 Å². The molecule has 0 heterocycles. The van der Waals surface area contributed by atoms with Gasteiger partial charge in [0.15, 0.2) is 23.0 Å². The third kappa shape index (κ3) is 5.45. The van der Waals surface area contributed by atoms with Crippen molar-refractivity contribution in [2.45, 2.75) is 19.9 Å². The van der Waals surface area contributed by atoms with E-state index in [1.54, 1.807) is 28.4 Å². The van der Waals surface area contributed by atoms with Crippen LogP contribution in [0.25, 0.3) is 0 Å². The number of benzene rings is 2. The molecule has 0 fully saturated rings. The lowest BCUT2D eigenvalue weighted by molar-refractivity contribution is 0.240. The van der Waals surface area contributed by atoms with Gasteiger partial charge in [0.25, 0.3) is 0 Å². The zero-order valence-corrected chi connectivity index (χ0v) is 17.0. The van der Waals surface area contributed by atoms with E-state index in [4.69, 9.17) is 18.9 Å². The van der Waals surface area contributed by atoms with Gasteiger partial charge in [0.1, 0.15) is 0 Å². The quantitative estimate of drug-likeness (QED) is 0.690. The Bertz CT molecular complexity index is 808. The van der Waals surface area contributed by atoms with Crippen LogP contribution in [0.2, 0.25) is 0 Å². The fraction of sp³-hybridized carbons (Fsp3) is 0.381. The standard InChI is InChI=1S/C21H28N2O5/c1-14-10-18(26-3)20(28-5)12-16(14)8-9-22-21(24)23-13-15-6-7-17(25-2)19(11-15)27-4/h6-7,10-12H,8-9,13H2,1-5H3,(H2,22,23,24). The van der Waals surface area contributed by atoms with Gasteiger partial charge in [-0.25, -0.2) is 4.79 Å². The first-order valence-corrected chi connectivity index (χ1v) is 8.96. The van der Waals surface area contributed by atoms with Gasteiger partial charge in [0, 0.05) is 13.1 Å². The maximum Gasteiger partial charge on any atom is 0.315 e. The minimum Gasteiger partial charge on any atom is -0.493 e. The lowest BCUT2D eigenvalue weighted by Gasteiger charge is -2.13. The Labute approximate surface area is 165 Å². The molecule has 0 aliphatic heterocycles. The van der Waals surface area contributed by atoms with Crippen molar-refractivity contribution in [2.24, 2.45) is 0 Å². The molecule has 0 atom stereocenters. The Hall–Kier alpha value is -3.09. The molecule has 0 saturated carbocycles. The van der Waals surface area contributed by atoms with Crippen LogP contribution >= 0.6 is 0 Å². The minimum atomic E-state index is -0.229. The summed E-state index contributed by atoms with van der Waals surface area (Å²) in [6.07, 6.45) is 0.690. The molecule has 0 spiro atoms. The van der Waals surface area contributed by atoms with Gasteiger partial charge >= 0.3 is 6.03 Å². The number of hydrogen-bond donors (Lipinski definition) is 2. The van der Waals surface area contributed by atoms with Crippen LogP contribution in [-0.4, -0.2) is 41.0 Å². The number of amides is 2. The Morgan fingerprint density at radius 2 is 1.43 bits per heavy atom. The van der Waals surface area contributed by atoms with Crippen molar-refractivity contribution in [1.29, 1.82) is 0 Å². The first-order valence-electron chi connectivity index (χ1n) is 8.96. The fourth-order valence-corrected chi connectivity index (χ4v) is 2.84. The molecule has 152 valence electrons. The average Bonchev–Trinajstić information content (AvgIpc) is 2.72. The monoisotopic (exact) mass is 388 g/mol. The molecule has 0 aliphatic rings. The number of hydrogen-bond acceptors (Lipinski definition) is 5. The second-order valence-electron chi connectivity index (χ2n) is 6.18. The molecule has 28 heavy (non-hydrogen) atoms. The van der Waals surface area contributed by atoms with E-state index >= 15 is 0 Å². The average molecular weight is 388 g/mol. The van der Waals surface area contributed by atoms with E-state index in [1.807, 2.05) is 37.3 Å². The molecule has 0 aromatic heterocycles. The summed E-state index contributed by atoms with van der Waals surface area (Å²) in [6.45, 7) is 2.91. The number of urea groups is 1. The summed E-state index contributed by atoms with van der Waals surface area (Å²) < 4.78 is 21.1. The highest BCUT2D eigenvalue weighted by Crippen LogP contribution is 2.30. The summed E-state index contributed by atoms with van der Waals surface area (Å²) in [6, 6.07) is 9.18. The third-order valence-corrected chi connectivity index (χ3v) is 4.42. The van der Waals surface area contributed by atoms with Gasteiger partial charge < -0.3 is 29.6 Å². The van der Waals surface area contributed by atoms with Crippen molar-refractivity contribution in [2.75, 3.05) is 35.0 Å². The Balaban J connectivity index is 1.85. The van der Waals surface area contributed by atoms with Crippen molar-refractivity contribution in [1.82, 2.24) is 10.6 Å². The molecule has 0 bridgehead atoms. The van der Waals surface area contributed by atoms with Gasteiger partial charge in [-0.3, -0.25) is 0 Å². The number of aryl methyl sites for hydroxylation is 1. The van der Waals surface area contributed by atoms with E-state index in [-0.39, 0.29) is 6.03 Å². The van der Waals surface area contributed by atoms with Gasteiger partial charge in [0.05, 0.1) is 28.4 Å². The maximum atomic E-state index is 12.1. The highest BCUT2D eigenvalue weighted by atomic mass is 16.5. The van der Waals surface area contributed by atoms with E-state index in [2.05, 4.69) is 10.6 Å². The van der Waals surface area contributed by atoms with Crippen LogP contribution in [0, 0.1) is 6.92 Å². The summed E-state index contributed by atoms with van der Waals surface area (Å²) in [5.41, 5.74) is 3.10. The van der Waals surface area contributed by atoms with Gasteiger partial charge in [-0.2, -0.15) is 0 Å². The van der Waals surface area contributed by atoms with Gasteiger partial charge in [-0.15, -0.1) is 0 Å². The summed E-state index contributed by atoms with van der Waals surface area (Å²) in [5, 5.41) is 5.71. The molecule has 0 unspecified atom stereocenters. The predicted octanol–water partition coefficient (Wildman–Crippen LogP) is 3.07. The van der Waals surface area contributed by atoms with Crippen molar-refractivity contribution >= 4 is 6.03 Å². The highest BCUT2D eigenvalue weighted by Gasteiger charge is 2.09. The highest BCUT2D eigenvalue weighted by molar-refractivity contribution is 5.73. The Kier molecular flexibility index (Phi) is 7.80. The second-order valence-corrected chi connectivity index (χ2v) is 6.18. The molecule has 2 amide bonds. The first-order chi connectivity index (χ1) is 13.5. The number of ether oxygens (including phenoxy) is 4. The summed E-state index contributed by atoms with van der Waals surface area (Å²) in [4.78, 5) is 12.1. The van der Waals surface area contributed by atoms with Crippen LogP contribution in [0.15, 0.2) is 30.3 Å². The van der Waals surface area contributed by atoms with E-state index in [0.717, 1.165) is 16.7 Å². The van der Waals surface area contributed by atoms with E-state index in [9.17, 15) is 4.79 Å². The largest absolute Gasteiger partial charge is 0.493 e. The van der Waals surface area contributed by atoms with Crippen LogP contribution in [0.5, 0.6) is 23.0 Å². The maximum absolute atomic E-state index is 12.1. The molecule has 7 nitrogen and oxygen atoms in total. The third-order valence-electron chi connectivity index (χ3n) is 4.42. The molecule has 2 aromatic carbocycles.